The normalized spacial score (nSPS) is 13.8. The average molecular weight is 438 g/mol. The SMILES string of the molecule is Cn1ncc2c1CCc1sc(NC(=O)C(C)(C)NS(=O)(=O)c3cccs3)nc1-2. The molecule has 0 aliphatic heterocycles. The highest BCUT2D eigenvalue weighted by molar-refractivity contribution is 7.91. The second-order valence-electron chi connectivity index (χ2n) is 7.04. The number of amides is 1. The van der Waals surface area contributed by atoms with Crippen LogP contribution < -0.4 is 10.0 Å². The monoisotopic (exact) mass is 437 g/mol. The van der Waals surface area contributed by atoms with Crippen LogP contribution in [0.4, 0.5) is 5.13 Å². The summed E-state index contributed by atoms with van der Waals surface area (Å²) in [6.45, 7) is 3.06. The number of sulfonamides is 1. The van der Waals surface area contributed by atoms with Crippen LogP contribution in [0.15, 0.2) is 27.9 Å². The number of aryl methyl sites for hydroxylation is 2. The third-order valence-electron chi connectivity index (χ3n) is 4.54. The predicted octanol–water partition coefficient (Wildman–Crippen LogP) is 2.40. The minimum atomic E-state index is -3.77. The number of carbonyl (C=O) groups is 1. The van der Waals surface area contributed by atoms with Crippen LogP contribution in [-0.2, 0) is 34.7 Å². The van der Waals surface area contributed by atoms with E-state index in [1.807, 2.05) is 11.7 Å². The van der Waals surface area contributed by atoms with Crippen LogP contribution in [-0.4, -0.2) is 34.6 Å². The molecule has 0 radical (unpaired) electrons. The molecule has 3 aromatic heterocycles. The van der Waals surface area contributed by atoms with Gasteiger partial charge in [0.25, 0.3) is 10.0 Å². The minimum Gasteiger partial charge on any atom is -0.300 e. The lowest BCUT2D eigenvalue weighted by Crippen LogP contribution is -2.52. The van der Waals surface area contributed by atoms with Crippen molar-refractivity contribution in [2.45, 2.75) is 36.4 Å². The summed E-state index contributed by atoms with van der Waals surface area (Å²) in [7, 11) is -1.87. The van der Waals surface area contributed by atoms with Gasteiger partial charge in [-0.2, -0.15) is 9.82 Å². The lowest BCUT2D eigenvalue weighted by Gasteiger charge is -2.23. The number of anilines is 1. The zero-order valence-corrected chi connectivity index (χ0v) is 18.0. The van der Waals surface area contributed by atoms with Gasteiger partial charge in [0.05, 0.1) is 11.9 Å². The highest BCUT2D eigenvalue weighted by Gasteiger charge is 2.34. The lowest BCUT2D eigenvalue weighted by molar-refractivity contribution is -0.120. The van der Waals surface area contributed by atoms with Crippen molar-refractivity contribution in [2.75, 3.05) is 5.32 Å². The first-order chi connectivity index (χ1) is 13.2. The summed E-state index contributed by atoms with van der Waals surface area (Å²) in [5, 5.41) is 9.18. The van der Waals surface area contributed by atoms with Crippen LogP contribution in [0.2, 0.25) is 0 Å². The fraction of sp³-hybridized carbons (Fsp3) is 0.353. The molecule has 0 saturated carbocycles. The Morgan fingerprint density at radius 2 is 2.11 bits per heavy atom. The molecule has 0 fully saturated rings. The van der Waals surface area contributed by atoms with Gasteiger partial charge in [0.1, 0.15) is 9.75 Å². The Balaban J connectivity index is 1.54. The molecule has 3 aromatic rings. The minimum absolute atomic E-state index is 0.169. The van der Waals surface area contributed by atoms with Crippen molar-refractivity contribution in [2.24, 2.45) is 7.05 Å². The van der Waals surface area contributed by atoms with Gasteiger partial charge in [0, 0.05) is 23.2 Å². The summed E-state index contributed by atoms with van der Waals surface area (Å²) in [6, 6.07) is 3.15. The molecule has 3 heterocycles. The maximum Gasteiger partial charge on any atom is 0.251 e. The largest absolute Gasteiger partial charge is 0.300 e. The molecule has 2 N–H and O–H groups in total. The molecular formula is C17H19N5O3S3. The molecule has 1 aliphatic carbocycles. The van der Waals surface area contributed by atoms with E-state index in [0.717, 1.165) is 46.0 Å². The maximum atomic E-state index is 12.8. The summed E-state index contributed by atoms with van der Waals surface area (Å²) >= 11 is 2.51. The number of fused-ring (bicyclic) bond motifs is 3. The number of nitrogens with zero attached hydrogens (tertiary/aromatic N) is 3. The fourth-order valence-electron chi connectivity index (χ4n) is 3.08. The second kappa shape index (κ2) is 6.76. The number of carbonyl (C=O) groups excluding carboxylic acids is 1. The zero-order valence-electron chi connectivity index (χ0n) is 15.5. The number of rotatable bonds is 5. The molecule has 1 aliphatic rings. The van der Waals surface area contributed by atoms with Crippen LogP contribution in [0.1, 0.15) is 24.4 Å². The van der Waals surface area contributed by atoms with Crippen molar-refractivity contribution >= 4 is 43.7 Å². The Bertz CT molecular complexity index is 1140. The van der Waals surface area contributed by atoms with E-state index in [1.165, 1.54) is 31.3 Å². The maximum absolute atomic E-state index is 12.8. The van der Waals surface area contributed by atoms with Gasteiger partial charge in [-0.1, -0.05) is 6.07 Å². The number of aromatic nitrogens is 3. The number of hydrogen-bond acceptors (Lipinski definition) is 7. The molecule has 148 valence electrons. The number of thiophene rings is 1. The van der Waals surface area contributed by atoms with E-state index in [4.69, 9.17) is 0 Å². The van der Waals surface area contributed by atoms with Gasteiger partial charge in [0.15, 0.2) is 5.13 Å². The van der Waals surface area contributed by atoms with Crippen LogP contribution in [0.3, 0.4) is 0 Å². The van der Waals surface area contributed by atoms with Crippen molar-refractivity contribution in [1.82, 2.24) is 19.5 Å². The smallest absolute Gasteiger partial charge is 0.251 e. The van der Waals surface area contributed by atoms with Crippen molar-refractivity contribution in [3.63, 3.8) is 0 Å². The van der Waals surface area contributed by atoms with Gasteiger partial charge in [-0.05, 0) is 38.1 Å². The molecular weight excluding hydrogens is 418 g/mol. The second-order valence-corrected chi connectivity index (χ2v) is 11.0. The summed E-state index contributed by atoms with van der Waals surface area (Å²) in [5.74, 6) is -0.467. The van der Waals surface area contributed by atoms with E-state index in [0.29, 0.717) is 5.13 Å². The molecule has 1 amide bonds. The van der Waals surface area contributed by atoms with Crippen molar-refractivity contribution in [1.29, 1.82) is 0 Å². The van der Waals surface area contributed by atoms with Crippen LogP contribution in [0, 0.1) is 0 Å². The van der Waals surface area contributed by atoms with Gasteiger partial charge >= 0.3 is 0 Å². The van der Waals surface area contributed by atoms with Crippen LogP contribution >= 0.6 is 22.7 Å². The van der Waals surface area contributed by atoms with E-state index < -0.39 is 21.5 Å². The van der Waals surface area contributed by atoms with Crippen LogP contribution in [0.5, 0.6) is 0 Å². The molecule has 0 aromatic carbocycles. The molecule has 11 heteroatoms. The van der Waals surface area contributed by atoms with Gasteiger partial charge in [-0.25, -0.2) is 13.4 Å². The quantitative estimate of drug-likeness (QED) is 0.638. The van der Waals surface area contributed by atoms with E-state index in [2.05, 4.69) is 20.1 Å². The third kappa shape index (κ3) is 3.39. The van der Waals surface area contributed by atoms with Crippen molar-refractivity contribution in [3.05, 3.63) is 34.3 Å². The lowest BCUT2D eigenvalue weighted by atomic mass is 10.0. The topological polar surface area (TPSA) is 106 Å². The van der Waals surface area contributed by atoms with Gasteiger partial charge < -0.3 is 5.32 Å². The van der Waals surface area contributed by atoms with Gasteiger partial charge in [-0.3, -0.25) is 9.48 Å². The van der Waals surface area contributed by atoms with Gasteiger partial charge in [-0.15, -0.1) is 22.7 Å². The standard InChI is InChI=1S/C17H19N5O3S3/c1-17(2,21-28(24,25)13-5-4-8-26-13)15(23)20-16-19-14-10-9-18-22(3)11(10)6-7-12(14)27-16/h4-5,8-9,21H,6-7H2,1-3H3,(H,19,20,23). The zero-order chi connectivity index (χ0) is 20.1. The molecule has 0 bridgehead atoms. The number of nitrogens with one attached hydrogen (secondary N) is 2. The Morgan fingerprint density at radius 3 is 2.82 bits per heavy atom. The van der Waals surface area contributed by atoms with E-state index in [-0.39, 0.29) is 4.21 Å². The van der Waals surface area contributed by atoms with Crippen LogP contribution in [0.25, 0.3) is 11.3 Å². The summed E-state index contributed by atoms with van der Waals surface area (Å²) < 4.78 is 29.4. The first kappa shape index (κ1) is 19.2. The number of hydrogen-bond donors (Lipinski definition) is 2. The van der Waals surface area contributed by atoms with Crippen molar-refractivity contribution < 1.29 is 13.2 Å². The third-order valence-corrected chi connectivity index (χ3v) is 8.62. The Hall–Kier alpha value is -2.08. The highest BCUT2D eigenvalue weighted by Crippen LogP contribution is 2.38. The molecule has 0 saturated heterocycles. The Kier molecular flexibility index (Phi) is 4.65. The highest BCUT2D eigenvalue weighted by atomic mass is 32.2. The molecule has 28 heavy (non-hydrogen) atoms. The fourth-order valence-corrected chi connectivity index (χ4v) is 6.42. The molecule has 0 atom stereocenters. The van der Waals surface area contributed by atoms with Gasteiger partial charge in [0.2, 0.25) is 5.91 Å². The molecule has 4 rings (SSSR count). The summed E-state index contributed by atoms with van der Waals surface area (Å²) in [4.78, 5) is 18.4. The van der Waals surface area contributed by atoms with E-state index in [1.54, 1.807) is 17.6 Å². The average Bonchev–Trinajstić information content (AvgIpc) is 3.33. The Morgan fingerprint density at radius 1 is 1.32 bits per heavy atom. The van der Waals surface area contributed by atoms with Crippen molar-refractivity contribution in [3.8, 4) is 11.3 Å². The first-order valence-corrected chi connectivity index (χ1v) is 11.8. The summed E-state index contributed by atoms with van der Waals surface area (Å²) in [6.07, 6.45) is 3.50. The Labute approximate surface area is 170 Å². The molecule has 0 unspecified atom stereocenters. The molecule has 0 spiro atoms. The van der Waals surface area contributed by atoms with E-state index >= 15 is 0 Å². The molecule has 8 nitrogen and oxygen atoms in total. The first-order valence-electron chi connectivity index (χ1n) is 8.57. The summed E-state index contributed by atoms with van der Waals surface area (Å²) in [5.41, 5.74) is 1.61. The number of thiazole rings is 1. The predicted molar refractivity (Wildman–Crippen MR) is 109 cm³/mol. The van der Waals surface area contributed by atoms with E-state index in [9.17, 15) is 13.2 Å².